The molecule has 0 radical (unpaired) electrons. The normalized spacial score (nSPS) is 22.1. The molecule has 0 bridgehead atoms. The molecular formula is C12H14Cl2N4O2. The largest absolute Gasteiger partial charge is 0.354 e. The van der Waals surface area contributed by atoms with Gasteiger partial charge in [-0.2, -0.15) is 0 Å². The van der Waals surface area contributed by atoms with E-state index in [1.54, 1.807) is 0 Å². The van der Waals surface area contributed by atoms with Gasteiger partial charge in [0.1, 0.15) is 11.9 Å². The summed E-state index contributed by atoms with van der Waals surface area (Å²) in [5, 5.41) is 8.45. The van der Waals surface area contributed by atoms with Crippen LogP contribution in [0.1, 0.15) is 13.3 Å². The van der Waals surface area contributed by atoms with Crippen LogP contribution < -0.4 is 16.0 Å². The fraction of sp³-hybridized carbons (Fsp3) is 0.417. The van der Waals surface area contributed by atoms with Crippen LogP contribution in [0.5, 0.6) is 0 Å². The van der Waals surface area contributed by atoms with E-state index >= 15 is 0 Å². The van der Waals surface area contributed by atoms with E-state index < -0.39 is 12.1 Å². The summed E-state index contributed by atoms with van der Waals surface area (Å²) in [6, 6.07) is 0.379. The van der Waals surface area contributed by atoms with Crippen molar-refractivity contribution < 1.29 is 9.59 Å². The maximum atomic E-state index is 11.8. The molecule has 0 unspecified atom stereocenters. The molecule has 108 valence electrons. The van der Waals surface area contributed by atoms with Crippen molar-refractivity contribution in [3.05, 3.63) is 22.3 Å². The van der Waals surface area contributed by atoms with Gasteiger partial charge in [0.2, 0.25) is 5.91 Å². The van der Waals surface area contributed by atoms with Crippen LogP contribution in [-0.2, 0) is 4.79 Å². The Hall–Kier alpha value is -1.53. The molecule has 3 N–H and O–H groups in total. The Morgan fingerprint density at radius 1 is 1.45 bits per heavy atom. The van der Waals surface area contributed by atoms with E-state index in [4.69, 9.17) is 23.2 Å². The standard InChI is InChI=1S/C12H14Cl2N4O2/c1-6-2-3-15-11(19)10(6)18-12(20)17-9-4-7(13)8(14)5-16-9/h4-6,10H,2-3H2,1H3,(H,15,19)(H2,16,17,18,20)/t6-,10+/m1/s1. The van der Waals surface area contributed by atoms with E-state index in [-0.39, 0.29) is 17.6 Å². The molecule has 3 amide bonds. The van der Waals surface area contributed by atoms with Crippen LogP contribution in [0.15, 0.2) is 12.3 Å². The summed E-state index contributed by atoms with van der Waals surface area (Å²) >= 11 is 11.6. The van der Waals surface area contributed by atoms with Crippen LogP contribution in [0.25, 0.3) is 0 Å². The highest BCUT2D eigenvalue weighted by molar-refractivity contribution is 6.42. The molecule has 2 heterocycles. The Morgan fingerprint density at radius 2 is 2.20 bits per heavy atom. The number of halogens is 2. The Morgan fingerprint density at radius 3 is 2.85 bits per heavy atom. The lowest BCUT2D eigenvalue weighted by Crippen LogP contribution is -2.55. The highest BCUT2D eigenvalue weighted by Crippen LogP contribution is 2.22. The van der Waals surface area contributed by atoms with E-state index in [0.717, 1.165) is 6.42 Å². The second-order valence-corrected chi connectivity index (χ2v) is 5.43. The minimum Gasteiger partial charge on any atom is -0.354 e. The van der Waals surface area contributed by atoms with Gasteiger partial charge in [0.05, 0.1) is 10.0 Å². The van der Waals surface area contributed by atoms with Gasteiger partial charge in [-0.1, -0.05) is 30.1 Å². The highest BCUT2D eigenvalue weighted by atomic mass is 35.5. The summed E-state index contributed by atoms with van der Waals surface area (Å²) in [4.78, 5) is 27.5. The third kappa shape index (κ3) is 3.52. The lowest BCUT2D eigenvalue weighted by Gasteiger charge is -2.28. The second kappa shape index (κ2) is 6.28. The summed E-state index contributed by atoms with van der Waals surface area (Å²) in [7, 11) is 0. The van der Waals surface area contributed by atoms with E-state index in [9.17, 15) is 9.59 Å². The molecule has 1 saturated heterocycles. The predicted molar refractivity (Wildman–Crippen MR) is 77.0 cm³/mol. The van der Waals surface area contributed by atoms with E-state index in [0.29, 0.717) is 16.6 Å². The number of rotatable bonds is 2. The van der Waals surface area contributed by atoms with Crippen LogP contribution >= 0.6 is 23.2 Å². The monoisotopic (exact) mass is 316 g/mol. The first-order valence-corrected chi connectivity index (χ1v) is 6.89. The second-order valence-electron chi connectivity index (χ2n) is 4.62. The molecule has 1 fully saturated rings. The topological polar surface area (TPSA) is 83.1 Å². The minimum atomic E-state index is -0.550. The molecule has 0 spiro atoms. The Bertz CT molecular complexity index is 538. The van der Waals surface area contributed by atoms with E-state index in [2.05, 4.69) is 20.9 Å². The predicted octanol–water partition coefficient (Wildman–Crippen LogP) is 2.03. The van der Waals surface area contributed by atoms with Crippen LogP contribution in [0.2, 0.25) is 10.0 Å². The molecule has 2 atom stereocenters. The van der Waals surface area contributed by atoms with Gasteiger partial charge in [0, 0.05) is 18.8 Å². The van der Waals surface area contributed by atoms with Gasteiger partial charge in [0.25, 0.3) is 0 Å². The molecule has 0 aliphatic carbocycles. The van der Waals surface area contributed by atoms with Crippen molar-refractivity contribution >= 4 is 41.0 Å². The molecule has 2 rings (SSSR count). The Labute approximate surface area is 126 Å². The SMILES string of the molecule is C[C@@H]1CCNC(=O)[C@H]1NC(=O)Nc1cc(Cl)c(Cl)cn1. The van der Waals surface area contributed by atoms with Gasteiger partial charge in [0.15, 0.2) is 0 Å². The average molecular weight is 317 g/mol. The summed E-state index contributed by atoms with van der Waals surface area (Å²) in [6.07, 6.45) is 2.16. The fourth-order valence-electron chi connectivity index (χ4n) is 1.94. The van der Waals surface area contributed by atoms with Gasteiger partial charge >= 0.3 is 6.03 Å². The number of carbonyl (C=O) groups is 2. The van der Waals surface area contributed by atoms with Gasteiger partial charge in [-0.3, -0.25) is 10.1 Å². The number of amides is 3. The zero-order valence-corrected chi connectivity index (χ0v) is 12.3. The van der Waals surface area contributed by atoms with E-state index in [1.807, 2.05) is 6.92 Å². The molecule has 1 aromatic heterocycles. The maximum Gasteiger partial charge on any atom is 0.321 e. The van der Waals surface area contributed by atoms with Crippen molar-refractivity contribution in [1.29, 1.82) is 0 Å². The number of anilines is 1. The zero-order valence-electron chi connectivity index (χ0n) is 10.7. The number of pyridine rings is 1. The smallest absolute Gasteiger partial charge is 0.321 e. The minimum absolute atomic E-state index is 0.0799. The summed E-state index contributed by atoms with van der Waals surface area (Å²) in [5.74, 6) is 0.165. The van der Waals surface area contributed by atoms with Gasteiger partial charge in [-0.25, -0.2) is 9.78 Å². The first kappa shape index (κ1) is 14.9. The Balaban J connectivity index is 1.98. The molecule has 1 aliphatic heterocycles. The third-order valence-corrected chi connectivity index (χ3v) is 3.80. The van der Waals surface area contributed by atoms with Gasteiger partial charge in [-0.15, -0.1) is 0 Å². The molecule has 0 saturated carbocycles. The molecular weight excluding hydrogens is 303 g/mol. The molecule has 20 heavy (non-hydrogen) atoms. The van der Waals surface area contributed by atoms with Crippen molar-refractivity contribution in [2.75, 3.05) is 11.9 Å². The molecule has 1 aliphatic rings. The van der Waals surface area contributed by atoms with Gasteiger partial charge < -0.3 is 10.6 Å². The van der Waals surface area contributed by atoms with Crippen molar-refractivity contribution in [2.45, 2.75) is 19.4 Å². The first-order chi connectivity index (χ1) is 9.47. The van der Waals surface area contributed by atoms with Crippen LogP contribution in [-0.4, -0.2) is 29.5 Å². The third-order valence-electron chi connectivity index (χ3n) is 3.09. The lowest BCUT2D eigenvalue weighted by molar-refractivity contribution is -0.125. The van der Waals surface area contributed by atoms with Crippen LogP contribution in [0.3, 0.4) is 0 Å². The molecule has 0 aromatic carbocycles. The van der Waals surface area contributed by atoms with E-state index in [1.165, 1.54) is 12.3 Å². The molecule has 8 heteroatoms. The average Bonchev–Trinajstić information content (AvgIpc) is 2.38. The van der Waals surface area contributed by atoms with Crippen LogP contribution in [0, 0.1) is 5.92 Å². The number of aromatic nitrogens is 1. The lowest BCUT2D eigenvalue weighted by atomic mass is 9.94. The number of nitrogens with zero attached hydrogens (tertiary/aromatic N) is 1. The maximum absolute atomic E-state index is 11.8. The summed E-state index contributed by atoms with van der Waals surface area (Å²) < 4.78 is 0. The number of hydrogen-bond acceptors (Lipinski definition) is 3. The van der Waals surface area contributed by atoms with Crippen LogP contribution in [0.4, 0.5) is 10.6 Å². The van der Waals surface area contributed by atoms with Crippen molar-refractivity contribution in [1.82, 2.24) is 15.6 Å². The van der Waals surface area contributed by atoms with Gasteiger partial charge in [-0.05, 0) is 12.3 Å². The fourth-order valence-corrected chi connectivity index (χ4v) is 2.20. The number of hydrogen-bond donors (Lipinski definition) is 3. The number of carbonyl (C=O) groups excluding carboxylic acids is 2. The summed E-state index contributed by atoms with van der Waals surface area (Å²) in [6.45, 7) is 2.55. The zero-order chi connectivity index (χ0) is 14.7. The highest BCUT2D eigenvalue weighted by Gasteiger charge is 2.30. The summed E-state index contributed by atoms with van der Waals surface area (Å²) in [5.41, 5.74) is 0. The first-order valence-electron chi connectivity index (χ1n) is 6.13. The quantitative estimate of drug-likeness (QED) is 0.780. The Kier molecular flexibility index (Phi) is 4.67. The number of piperidine rings is 1. The number of nitrogens with one attached hydrogen (secondary N) is 3. The van der Waals surface area contributed by atoms with Crippen molar-refractivity contribution in [3.63, 3.8) is 0 Å². The van der Waals surface area contributed by atoms with Crippen molar-refractivity contribution in [3.8, 4) is 0 Å². The molecule has 1 aromatic rings. The molecule has 6 nitrogen and oxygen atoms in total. The number of urea groups is 1. The van der Waals surface area contributed by atoms with Crippen molar-refractivity contribution in [2.24, 2.45) is 5.92 Å².